The molecule has 0 atom stereocenters. The third-order valence-corrected chi connectivity index (χ3v) is 2.59. The standard InChI is InChI=1S/C6H9O7P.Al.3H/c1-4(7)12-14(11,3-6(9)10)13-5(2)8;;;;/h3H2,1-2H3,(H,9,10);;;;. The lowest BCUT2D eigenvalue weighted by Gasteiger charge is -2.13. The first kappa shape index (κ1) is 16.6. The van der Waals surface area contributed by atoms with E-state index in [2.05, 4.69) is 9.05 Å². The highest BCUT2D eigenvalue weighted by molar-refractivity contribution is 7.55. The molecule has 0 heterocycles. The monoisotopic (exact) mass is 254 g/mol. The number of aliphatic carboxylic acids is 1. The van der Waals surface area contributed by atoms with Crippen molar-refractivity contribution in [3.63, 3.8) is 0 Å². The minimum atomic E-state index is -4.19. The first-order valence-corrected chi connectivity index (χ1v) is 5.19. The van der Waals surface area contributed by atoms with Crippen molar-refractivity contribution in [1.82, 2.24) is 0 Å². The summed E-state index contributed by atoms with van der Waals surface area (Å²) < 4.78 is 19.7. The number of carboxylic acid groups (broad SMARTS) is 1. The van der Waals surface area contributed by atoms with Gasteiger partial charge < -0.3 is 14.2 Å². The van der Waals surface area contributed by atoms with Gasteiger partial charge in [0.2, 0.25) is 0 Å². The van der Waals surface area contributed by atoms with Crippen molar-refractivity contribution in [2.24, 2.45) is 0 Å². The van der Waals surface area contributed by atoms with Gasteiger partial charge in [-0.05, 0) is 0 Å². The van der Waals surface area contributed by atoms with Crippen LogP contribution in [-0.2, 0) is 28.0 Å². The molecule has 0 saturated heterocycles. The van der Waals surface area contributed by atoms with Gasteiger partial charge in [-0.25, -0.2) is 4.57 Å². The van der Waals surface area contributed by atoms with E-state index in [0.29, 0.717) is 0 Å². The molecular formula is C6H12AlO7P. The highest BCUT2D eigenvalue weighted by Crippen LogP contribution is 2.48. The van der Waals surface area contributed by atoms with Crippen molar-refractivity contribution >= 4 is 42.9 Å². The molecule has 0 aliphatic rings. The Labute approximate surface area is 96.4 Å². The summed E-state index contributed by atoms with van der Waals surface area (Å²) in [4.78, 5) is 31.1. The molecule has 0 radical (unpaired) electrons. The van der Waals surface area contributed by atoms with E-state index in [-0.39, 0.29) is 17.4 Å². The molecule has 0 aromatic rings. The van der Waals surface area contributed by atoms with Crippen LogP contribution in [0.5, 0.6) is 0 Å². The first-order chi connectivity index (χ1) is 6.25. The zero-order valence-electron chi connectivity index (χ0n) is 7.55. The zero-order valence-corrected chi connectivity index (χ0v) is 8.45. The maximum Gasteiger partial charge on any atom is 0.446 e. The van der Waals surface area contributed by atoms with Gasteiger partial charge in [0.1, 0.15) is 0 Å². The summed E-state index contributed by atoms with van der Waals surface area (Å²) >= 11 is 0. The molecule has 15 heavy (non-hydrogen) atoms. The maximum absolute atomic E-state index is 11.4. The minimum absolute atomic E-state index is 0. The largest absolute Gasteiger partial charge is 0.481 e. The molecule has 0 aliphatic carbocycles. The van der Waals surface area contributed by atoms with Crippen molar-refractivity contribution in [2.45, 2.75) is 13.8 Å². The van der Waals surface area contributed by atoms with Gasteiger partial charge in [0, 0.05) is 13.8 Å². The second kappa shape index (κ2) is 6.62. The van der Waals surface area contributed by atoms with Crippen LogP contribution in [0.4, 0.5) is 0 Å². The molecule has 9 heteroatoms. The van der Waals surface area contributed by atoms with Gasteiger partial charge in [0.25, 0.3) is 0 Å². The Morgan fingerprint density at radius 2 is 1.47 bits per heavy atom. The Balaban J connectivity index is 0. The van der Waals surface area contributed by atoms with Gasteiger partial charge in [0.05, 0.1) is 0 Å². The van der Waals surface area contributed by atoms with E-state index in [1.54, 1.807) is 0 Å². The van der Waals surface area contributed by atoms with Gasteiger partial charge in [-0.1, -0.05) is 0 Å². The summed E-state index contributed by atoms with van der Waals surface area (Å²) in [7, 11) is -4.19. The van der Waals surface area contributed by atoms with E-state index in [1.807, 2.05) is 0 Å². The van der Waals surface area contributed by atoms with E-state index in [1.165, 1.54) is 0 Å². The van der Waals surface area contributed by atoms with Crippen LogP contribution >= 0.6 is 7.60 Å². The van der Waals surface area contributed by atoms with Crippen LogP contribution in [-0.4, -0.2) is 46.5 Å². The fourth-order valence-corrected chi connectivity index (χ4v) is 1.92. The molecule has 0 bridgehead atoms. The van der Waals surface area contributed by atoms with Crippen molar-refractivity contribution < 1.29 is 33.1 Å². The Morgan fingerprint density at radius 1 is 1.13 bits per heavy atom. The number of carboxylic acids is 1. The molecule has 0 aromatic heterocycles. The van der Waals surface area contributed by atoms with Crippen molar-refractivity contribution in [3.8, 4) is 0 Å². The summed E-state index contributed by atoms with van der Waals surface area (Å²) in [6.45, 7) is 1.86. The van der Waals surface area contributed by atoms with Crippen LogP contribution in [0.3, 0.4) is 0 Å². The van der Waals surface area contributed by atoms with Gasteiger partial charge >= 0.3 is 25.5 Å². The normalized spacial score (nSPS) is 9.73. The smallest absolute Gasteiger partial charge is 0.446 e. The van der Waals surface area contributed by atoms with Gasteiger partial charge in [-0.2, -0.15) is 0 Å². The highest BCUT2D eigenvalue weighted by Gasteiger charge is 2.33. The molecule has 1 N–H and O–H groups in total. The second-order valence-corrected chi connectivity index (χ2v) is 4.23. The molecule has 0 rings (SSSR count). The first-order valence-electron chi connectivity index (χ1n) is 3.46. The molecule has 0 saturated carbocycles. The third-order valence-electron chi connectivity index (χ3n) is 0.864. The Kier molecular flexibility index (Phi) is 7.32. The number of hydrogen-bond acceptors (Lipinski definition) is 6. The Morgan fingerprint density at radius 3 is 1.67 bits per heavy atom. The topological polar surface area (TPSA) is 107 Å². The molecule has 0 aromatic carbocycles. The predicted octanol–water partition coefficient (Wildman–Crippen LogP) is -0.794. The summed E-state index contributed by atoms with van der Waals surface area (Å²) in [5, 5.41) is 8.32. The SMILES string of the molecule is CC(=O)OP(=O)(CC(=O)O)OC(C)=O.[AlH3]. The van der Waals surface area contributed by atoms with E-state index in [0.717, 1.165) is 13.8 Å². The van der Waals surface area contributed by atoms with Crippen molar-refractivity contribution in [2.75, 3.05) is 6.16 Å². The van der Waals surface area contributed by atoms with Crippen LogP contribution < -0.4 is 0 Å². The fraction of sp³-hybridized carbons (Fsp3) is 0.500. The molecule has 0 fully saturated rings. The van der Waals surface area contributed by atoms with Crippen molar-refractivity contribution in [1.29, 1.82) is 0 Å². The molecule has 0 spiro atoms. The van der Waals surface area contributed by atoms with Crippen LogP contribution in [0.25, 0.3) is 0 Å². The molecule has 7 nitrogen and oxygen atoms in total. The number of carbonyl (C=O) groups excluding carboxylic acids is 2. The summed E-state index contributed by atoms with van der Waals surface area (Å²) in [5.74, 6) is -3.44. The van der Waals surface area contributed by atoms with E-state index in [4.69, 9.17) is 5.11 Å². The Bertz CT molecular complexity index is 265. The average Bonchev–Trinajstić information content (AvgIpc) is 1.76. The van der Waals surface area contributed by atoms with Crippen LogP contribution in [0, 0.1) is 0 Å². The summed E-state index contributed by atoms with van der Waals surface area (Å²) in [5.41, 5.74) is 0. The Hall–Kier alpha value is -0.828. The van der Waals surface area contributed by atoms with E-state index >= 15 is 0 Å². The fourth-order valence-electron chi connectivity index (χ4n) is 0.641. The second-order valence-electron chi connectivity index (χ2n) is 2.33. The minimum Gasteiger partial charge on any atom is -0.481 e. The maximum atomic E-state index is 11.4. The lowest BCUT2D eigenvalue weighted by atomic mass is 10.8. The number of carbonyl (C=O) groups is 3. The molecule has 0 amide bonds. The quantitative estimate of drug-likeness (QED) is 0.517. The lowest BCUT2D eigenvalue weighted by Crippen LogP contribution is -2.12. The van der Waals surface area contributed by atoms with Gasteiger partial charge in [0.15, 0.2) is 23.5 Å². The molecule has 0 unspecified atom stereocenters. The predicted molar refractivity (Wildman–Crippen MR) is 53.6 cm³/mol. The summed E-state index contributed by atoms with van der Waals surface area (Å²) in [6.07, 6.45) is -1.04. The van der Waals surface area contributed by atoms with Crippen LogP contribution in [0.2, 0.25) is 0 Å². The lowest BCUT2D eigenvalue weighted by molar-refractivity contribution is -0.136. The summed E-state index contributed by atoms with van der Waals surface area (Å²) in [6, 6.07) is 0. The van der Waals surface area contributed by atoms with Gasteiger partial charge in [-0.15, -0.1) is 0 Å². The highest BCUT2D eigenvalue weighted by atomic mass is 31.2. The van der Waals surface area contributed by atoms with Crippen LogP contribution in [0.1, 0.15) is 13.8 Å². The van der Waals surface area contributed by atoms with Crippen LogP contribution in [0.15, 0.2) is 0 Å². The molecule has 86 valence electrons. The average molecular weight is 254 g/mol. The third kappa shape index (κ3) is 8.19. The number of rotatable bonds is 4. The molecular weight excluding hydrogens is 242 g/mol. The number of hydrogen-bond donors (Lipinski definition) is 1. The van der Waals surface area contributed by atoms with Gasteiger partial charge in [-0.3, -0.25) is 14.4 Å². The van der Waals surface area contributed by atoms with E-state index in [9.17, 15) is 18.9 Å². The molecule has 0 aliphatic heterocycles. The zero-order chi connectivity index (χ0) is 11.4. The van der Waals surface area contributed by atoms with Crippen molar-refractivity contribution in [3.05, 3.63) is 0 Å². The van der Waals surface area contributed by atoms with E-state index < -0.39 is 31.7 Å².